The zero-order valence-electron chi connectivity index (χ0n) is 18.2. The molecule has 0 saturated carbocycles. The number of nitrogens with zero attached hydrogens (tertiary/aromatic N) is 2. The number of ether oxygens (including phenoxy) is 1. The van der Waals surface area contributed by atoms with Crippen LogP contribution in [0.2, 0.25) is 0 Å². The monoisotopic (exact) mass is 387 g/mol. The first-order valence-electron chi connectivity index (χ1n) is 10.8. The number of hydrogen-bond donors (Lipinski definition) is 1. The molecule has 0 bridgehead atoms. The summed E-state index contributed by atoms with van der Waals surface area (Å²) in [5.74, 6) is 0.508. The number of rotatable bonds is 3. The van der Waals surface area contributed by atoms with Gasteiger partial charge in [0.25, 0.3) is 0 Å². The molecule has 1 amide bonds. The molecule has 3 rings (SSSR count). The van der Waals surface area contributed by atoms with Crippen LogP contribution in [0.15, 0.2) is 24.3 Å². The maximum atomic E-state index is 12.8. The van der Waals surface area contributed by atoms with E-state index >= 15 is 0 Å². The number of hydrogen-bond acceptors (Lipinski definition) is 4. The Morgan fingerprint density at radius 2 is 1.71 bits per heavy atom. The van der Waals surface area contributed by atoms with E-state index in [1.165, 1.54) is 24.1 Å². The van der Waals surface area contributed by atoms with Gasteiger partial charge in [0.05, 0.1) is 6.04 Å². The fraction of sp³-hybridized carbons (Fsp3) is 0.696. The third-order valence-corrected chi connectivity index (χ3v) is 5.83. The molecule has 2 atom stereocenters. The van der Waals surface area contributed by atoms with Crippen LogP contribution in [0.5, 0.6) is 0 Å². The highest BCUT2D eigenvalue weighted by molar-refractivity contribution is 5.69. The second-order valence-corrected chi connectivity index (χ2v) is 9.67. The predicted molar refractivity (Wildman–Crippen MR) is 115 cm³/mol. The van der Waals surface area contributed by atoms with Gasteiger partial charge in [-0.05, 0) is 90.2 Å². The molecule has 1 aromatic carbocycles. The van der Waals surface area contributed by atoms with Gasteiger partial charge in [-0.1, -0.05) is 19.1 Å². The molecule has 1 aromatic rings. The molecular formula is C23H37N3O2. The van der Waals surface area contributed by atoms with Gasteiger partial charge >= 0.3 is 6.09 Å². The number of anilines is 1. The van der Waals surface area contributed by atoms with E-state index in [0.717, 1.165) is 32.5 Å². The smallest absolute Gasteiger partial charge is 0.410 e. The van der Waals surface area contributed by atoms with Crippen LogP contribution in [0.1, 0.15) is 65.0 Å². The Bertz CT molecular complexity index is 645. The van der Waals surface area contributed by atoms with E-state index in [-0.39, 0.29) is 12.1 Å². The Morgan fingerprint density at radius 3 is 2.32 bits per heavy atom. The van der Waals surface area contributed by atoms with Crippen LogP contribution in [-0.2, 0) is 4.74 Å². The molecule has 5 nitrogen and oxygen atoms in total. The molecule has 28 heavy (non-hydrogen) atoms. The Balaban J connectivity index is 1.67. The summed E-state index contributed by atoms with van der Waals surface area (Å²) in [6.45, 7) is 11.1. The van der Waals surface area contributed by atoms with Crippen molar-refractivity contribution in [2.45, 2.75) is 71.1 Å². The van der Waals surface area contributed by atoms with E-state index in [1.807, 2.05) is 25.7 Å². The van der Waals surface area contributed by atoms with E-state index in [1.54, 1.807) is 0 Å². The number of amides is 1. The normalized spacial score (nSPS) is 24.8. The molecule has 0 aliphatic carbocycles. The zero-order valence-corrected chi connectivity index (χ0v) is 18.2. The second-order valence-electron chi connectivity index (χ2n) is 9.67. The molecule has 2 fully saturated rings. The fourth-order valence-corrected chi connectivity index (χ4v) is 4.21. The lowest BCUT2D eigenvalue weighted by Gasteiger charge is -2.39. The lowest BCUT2D eigenvalue weighted by molar-refractivity contribution is 0.00364. The van der Waals surface area contributed by atoms with Crippen molar-refractivity contribution in [3.8, 4) is 0 Å². The van der Waals surface area contributed by atoms with Crippen LogP contribution in [0, 0.1) is 5.92 Å². The van der Waals surface area contributed by atoms with E-state index in [0.29, 0.717) is 12.0 Å². The van der Waals surface area contributed by atoms with Gasteiger partial charge in [0.1, 0.15) is 5.60 Å². The Hall–Kier alpha value is -1.75. The number of likely N-dealkylation sites (tertiary alicyclic amines) is 2. The SMILES string of the molecule is C[C@H]1CC[C@H](c2ccc(NC3CCN(C)CC3)cc2)N(C(=O)OC(C)(C)C)C1. The summed E-state index contributed by atoms with van der Waals surface area (Å²) in [5, 5.41) is 3.67. The highest BCUT2D eigenvalue weighted by Crippen LogP contribution is 2.35. The summed E-state index contributed by atoms with van der Waals surface area (Å²) in [6, 6.07) is 9.34. The van der Waals surface area contributed by atoms with E-state index in [9.17, 15) is 4.79 Å². The number of piperidine rings is 2. The average Bonchev–Trinajstić information content (AvgIpc) is 2.63. The van der Waals surface area contributed by atoms with Crippen LogP contribution in [0.3, 0.4) is 0 Å². The molecular weight excluding hydrogens is 350 g/mol. The van der Waals surface area contributed by atoms with E-state index in [4.69, 9.17) is 4.74 Å². The first kappa shape index (κ1) is 21.0. The van der Waals surface area contributed by atoms with Crippen molar-refractivity contribution in [3.05, 3.63) is 29.8 Å². The molecule has 2 heterocycles. The first-order chi connectivity index (χ1) is 13.2. The molecule has 1 N–H and O–H groups in total. The molecule has 0 unspecified atom stereocenters. The minimum atomic E-state index is -0.468. The van der Waals surface area contributed by atoms with Crippen molar-refractivity contribution in [2.75, 3.05) is 32.0 Å². The van der Waals surface area contributed by atoms with Crippen LogP contribution in [0.4, 0.5) is 10.5 Å². The van der Waals surface area contributed by atoms with Crippen LogP contribution in [0.25, 0.3) is 0 Å². The number of nitrogens with one attached hydrogen (secondary N) is 1. The van der Waals surface area contributed by atoms with Crippen molar-refractivity contribution >= 4 is 11.8 Å². The largest absolute Gasteiger partial charge is 0.444 e. The topological polar surface area (TPSA) is 44.8 Å². The van der Waals surface area contributed by atoms with E-state index < -0.39 is 5.60 Å². The average molecular weight is 388 g/mol. The zero-order chi connectivity index (χ0) is 20.3. The Morgan fingerprint density at radius 1 is 1.07 bits per heavy atom. The van der Waals surface area contributed by atoms with E-state index in [2.05, 4.69) is 48.5 Å². The summed E-state index contributed by atoms with van der Waals surface area (Å²) in [6.07, 6.45) is 4.30. The van der Waals surface area contributed by atoms with Crippen LogP contribution >= 0.6 is 0 Å². The van der Waals surface area contributed by atoms with Gasteiger partial charge in [0.15, 0.2) is 0 Å². The highest BCUT2D eigenvalue weighted by Gasteiger charge is 2.33. The quantitative estimate of drug-likeness (QED) is 0.801. The molecule has 0 aromatic heterocycles. The summed E-state index contributed by atoms with van der Waals surface area (Å²) in [4.78, 5) is 17.1. The van der Waals surface area contributed by atoms with Gasteiger partial charge in [0.2, 0.25) is 0 Å². The Kier molecular flexibility index (Phi) is 6.54. The van der Waals surface area contributed by atoms with Gasteiger partial charge in [-0.2, -0.15) is 0 Å². The standard InChI is InChI=1S/C23H37N3O2/c1-17-6-11-21(26(16-17)22(27)28-23(2,3)4)18-7-9-19(10-8-18)24-20-12-14-25(5)15-13-20/h7-10,17,20-21,24H,6,11-16H2,1-5H3/t17-,21+/m0/s1. The maximum absolute atomic E-state index is 12.8. The lowest BCUT2D eigenvalue weighted by Crippen LogP contribution is -2.44. The highest BCUT2D eigenvalue weighted by atomic mass is 16.6. The second kappa shape index (κ2) is 8.73. The van der Waals surface area contributed by atoms with Gasteiger partial charge in [-0.25, -0.2) is 4.79 Å². The number of benzene rings is 1. The molecule has 156 valence electrons. The molecule has 0 spiro atoms. The predicted octanol–water partition coefficient (Wildman–Crippen LogP) is 4.90. The van der Waals surface area contributed by atoms with Crippen molar-refractivity contribution in [2.24, 2.45) is 5.92 Å². The van der Waals surface area contributed by atoms with Gasteiger partial charge in [-0.15, -0.1) is 0 Å². The van der Waals surface area contributed by atoms with Crippen LogP contribution in [-0.4, -0.2) is 54.2 Å². The van der Waals surface area contributed by atoms with Crippen molar-refractivity contribution in [3.63, 3.8) is 0 Å². The van der Waals surface area contributed by atoms with Crippen molar-refractivity contribution < 1.29 is 9.53 Å². The molecule has 2 saturated heterocycles. The maximum Gasteiger partial charge on any atom is 0.410 e. The minimum Gasteiger partial charge on any atom is -0.444 e. The number of carbonyl (C=O) groups is 1. The van der Waals surface area contributed by atoms with Gasteiger partial charge in [-0.3, -0.25) is 0 Å². The van der Waals surface area contributed by atoms with Gasteiger partial charge in [0, 0.05) is 18.3 Å². The van der Waals surface area contributed by atoms with Crippen molar-refractivity contribution in [1.29, 1.82) is 0 Å². The fourth-order valence-electron chi connectivity index (χ4n) is 4.21. The van der Waals surface area contributed by atoms with Gasteiger partial charge < -0.3 is 19.9 Å². The van der Waals surface area contributed by atoms with Crippen molar-refractivity contribution in [1.82, 2.24) is 9.80 Å². The molecule has 2 aliphatic rings. The third-order valence-electron chi connectivity index (χ3n) is 5.83. The number of carbonyl (C=O) groups excluding carboxylic acids is 1. The molecule has 2 aliphatic heterocycles. The summed E-state index contributed by atoms with van der Waals surface area (Å²) in [5.41, 5.74) is 1.91. The Labute approximate surface area is 170 Å². The summed E-state index contributed by atoms with van der Waals surface area (Å²) >= 11 is 0. The summed E-state index contributed by atoms with van der Waals surface area (Å²) < 4.78 is 5.68. The first-order valence-corrected chi connectivity index (χ1v) is 10.8. The lowest BCUT2D eigenvalue weighted by atomic mass is 9.90. The molecule has 5 heteroatoms. The summed E-state index contributed by atoms with van der Waals surface area (Å²) in [7, 11) is 2.19. The molecule has 0 radical (unpaired) electrons. The van der Waals surface area contributed by atoms with Crippen LogP contribution < -0.4 is 5.32 Å². The minimum absolute atomic E-state index is 0.100. The third kappa shape index (κ3) is 5.63.